The second-order valence-corrected chi connectivity index (χ2v) is 4.40. The van der Waals surface area contributed by atoms with Crippen LogP contribution in [0.1, 0.15) is 23.2 Å². The Morgan fingerprint density at radius 1 is 1.41 bits per heavy atom. The van der Waals surface area contributed by atoms with Crippen LogP contribution >= 0.6 is 12.6 Å². The molecule has 1 heterocycles. The number of ether oxygens (including phenoxy) is 2. The van der Waals surface area contributed by atoms with E-state index in [1.54, 1.807) is 0 Å². The van der Waals surface area contributed by atoms with Gasteiger partial charge in [0.25, 0.3) is 0 Å². The Bertz CT molecular complexity index is 416. The van der Waals surface area contributed by atoms with E-state index in [9.17, 15) is 9.18 Å². The average Bonchev–Trinajstić information content (AvgIpc) is 2.33. The largest absolute Gasteiger partial charge is 0.459 e. The molecule has 1 saturated heterocycles. The van der Waals surface area contributed by atoms with Crippen LogP contribution in [0.3, 0.4) is 0 Å². The first-order valence-electron chi connectivity index (χ1n) is 5.44. The molecule has 0 amide bonds. The highest BCUT2D eigenvalue weighted by atomic mass is 32.1. The van der Waals surface area contributed by atoms with Crippen LogP contribution < -0.4 is 0 Å². The van der Waals surface area contributed by atoms with Gasteiger partial charge in [-0.25, -0.2) is 9.18 Å². The van der Waals surface area contributed by atoms with Crippen molar-refractivity contribution in [2.24, 2.45) is 0 Å². The summed E-state index contributed by atoms with van der Waals surface area (Å²) >= 11 is 4.07. The van der Waals surface area contributed by atoms with Gasteiger partial charge in [0, 0.05) is 17.7 Å². The van der Waals surface area contributed by atoms with Crippen LogP contribution in [0.4, 0.5) is 4.39 Å². The Hall–Kier alpha value is -1.07. The summed E-state index contributed by atoms with van der Waals surface area (Å²) in [4.78, 5) is 12.3. The highest BCUT2D eigenvalue weighted by Crippen LogP contribution is 2.18. The fourth-order valence-electron chi connectivity index (χ4n) is 1.68. The van der Waals surface area contributed by atoms with Crippen LogP contribution in [-0.2, 0) is 9.47 Å². The zero-order chi connectivity index (χ0) is 12.3. The third-order valence-corrected chi connectivity index (χ3v) is 2.89. The standard InChI is InChI=1S/C12H13FO3S/c13-11-2-1-9(17)7-10(11)12(14)16-8-3-5-15-6-4-8/h1-2,7-8,17H,3-6H2. The monoisotopic (exact) mass is 256 g/mol. The molecule has 1 aromatic carbocycles. The molecule has 0 N–H and O–H groups in total. The highest BCUT2D eigenvalue weighted by molar-refractivity contribution is 7.80. The molecular formula is C12H13FO3S. The topological polar surface area (TPSA) is 35.5 Å². The predicted octanol–water partition coefficient (Wildman–Crippen LogP) is 2.45. The van der Waals surface area contributed by atoms with E-state index in [4.69, 9.17) is 9.47 Å². The minimum absolute atomic E-state index is 0.0657. The minimum atomic E-state index is -0.634. The molecule has 2 rings (SSSR count). The quantitative estimate of drug-likeness (QED) is 0.652. The maximum Gasteiger partial charge on any atom is 0.341 e. The molecule has 0 radical (unpaired) electrons. The molecule has 0 saturated carbocycles. The first-order valence-corrected chi connectivity index (χ1v) is 5.89. The van der Waals surface area contributed by atoms with Crippen LogP contribution in [0.2, 0.25) is 0 Å². The molecule has 0 atom stereocenters. The number of carbonyl (C=O) groups is 1. The first kappa shape index (κ1) is 12.4. The molecule has 0 spiro atoms. The van der Waals surface area contributed by atoms with Crippen molar-refractivity contribution in [3.8, 4) is 0 Å². The van der Waals surface area contributed by atoms with Crippen molar-refractivity contribution >= 4 is 18.6 Å². The van der Waals surface area contributed by atoms with Gasteiger partial charge < -0.3 is 9.47 Å². The second-order valence-electron chi connectivity index (χ2n) is 3.88. The SMILES string of the molecule is O=C(OC1CCOCC1)c1cc(S)ccc1F. The zero-order valence-electron chi connectivity index (χ0n) is 9.19. The molecule has 1 aliphatic heterocycles. The van der Waals surface area contributed by atoms with Crippen molar-refractivity contribution in [2.75, 3.05) is 13.2 Å². The number of halogens is 1. The van der Waals surface area contributed by atoms with Crippen molar-refractivity contribution in [3.05, 3.63) is 29.6 Å². The summed E-state index contributed by atoms with van der Waals surface area (Å²) in [6, 6.07) is 4.08. The van der Waals surface area contributed by atoms with Crippen LogP contribution in [0.15, 0.2) is 23.1 Å². The molecule has 1 aromatic rings. The summed E-state index contributed by atoms with van der Waals surface area (Å²) in [7, 11) is 0. The number of esters is 1. The maximum absolute atomic E-state index is 13.4. The predicted molar refractivity (Wildman–Crippen MR) is 62.9 cm³/mol. The van der Waals surface area contributed by atoms with Crippen molar-refractivity contribution in [3.63, 3.8) is 0 Å². The Morgan fingerprint density at radius 2 is 2.12 bits per heavy atom. The molecule has 1 aliphatic rings. The molecule has 17 heavy (non-hydrogen) atoms. The van der Waals surface area contributed by atoms with Gasteiger partial charge in [0.15, 0.2) is 0 Å². The first-order chi connectivity index (χ1) is 8.16. The van der Waals surface area contributed by atoms with Crippen molar-refractivity contribution in [1.82, 2.24) is 0 Å². The number of carbonyl (C=O) groups excluding carboxylic acids is 1. The van der Waals surface area contributed by atoms with Gasteiger partial charge in [-0.05, 0) is 18.2 Å². The smallest absolute Gasteiger partial charge is 0.341 e. The van der Waals surface area contributed by atoms with Gasteiger partial charge in [-0.15, -0.1) is 12.6 Å². The molecule has 5 heteroatoms. The summed E-state index contributed by atoms with van der Waals surface area (Å²) in [5.41, 5.74) is -0.0657. The number of hydrogen-bond donors (Lipinski definition) is 1. The van der Waals surface area contributed by atoms with E-state index >= 15 is 0 Å². The van der Waals surface area contributed by atoms with E-state index in [1.165, 1.54) is 18.2 Å². The van der Waals surface area contributed by atoms with E-state index in [0.717, 1.165) is 0 Å². The summed E-state index contributed by atoms with van der Waals surface area (Å²) in [5.74, 6) is -1.22. The number of benzene rings is 1. The lowest BCUT2D eigenvalue weighted by atomic mass is 10.1. The molecule has 0 aromatic heterocycles. The van der Waals surface area contributed by atoms with Crippen LogP contribution in [0.25, 0.3) is 0 Å². The molecule has 3 nitrogen and oxygen atoms in total. The van der Waals surface area contributed by atoms with Gasteiger partial charge in [0.05, 0.1) is 18.8 Å². The summed E-state index contributed by atoms with van der Waals surface area (Å²) in [5, 5.41) is 0. The lowest BCUT2D eigenvalue weighted by molar-refractivity contribution is -0.0162. The summed E-state index contributed by atoms with van der Waals surface area (Å²) in [6.45, 7) is 1.15. The van der Waals surface area contributed by atoms with Crippen LogP contribution in [0, 0.1) is 5.82 Å². The third kappa shape index (κ3) is 3.20. The van der Waals surface area contributed by atoms with Gasteiger partial charge in [-0.1, -0.05) is 0 Å². The fourth-order valence-corrected chi connectivity index (χ4v) is 1.88. The number of rotatable bonds is 2. The van der Waals surface area contributed by atoms with Crippen LogP contribution in [-0.4, -0.2) is 25.3 Å². The normalized spacial score (nSPS) is 16.8. The molecule has 1 fully saturated rings. The lowest BCUT2D eigenvalue weighted by Gasteiger charge is -2.22. The van der Waals surface area contributed by atoms with Gasteiger partial charge in [-0.2, -0.15) is 0 Å². The molecule has 0 unspecified atom stereocenters. The van der Waals surface area contributed by atoms with Gasteiger partial charge in [-0.3, -0.25) is 0 Å². The van der Waals surface area contributed by atoms with E-state index in [-0.39, 0.29) is 11.7 Å². The fraction of sp³-hybridized carbons (Fsp3) is 0.417. The van der Waals surface area contributed by atoms with Crippen molar-refractivity contribution in [1.29, 1.82) is 0 Å². The Kier molecular flexibility index (Phi) is 4.02. The summed E-state index contributed by atoms with van der Waals surface area (Å²) in [6.07, 6.45) is 1.14. The summed E-state index contributed by atoms with van der Waals surface area (Å²) < 4.78 is 23.8. The van der Waals surface area contributed by atoms with E-state index in [2.05, 4.69) is 12.6 Å². The Labute approximate surface area is 104 Å². The second kappa shape index (κ2) is 5.51. The average molecular weight is 256 g/mol. The molecule has 0 aliphatic carbocycles. The Morgan fingerprint density at radius 3 is 2.82 bits per heavy atom. The van der Waals surface area contributed by atoms with E-state index in [1.807, 2.05) is 0 Å². The lowest BCUT2D eigenvalue weighted by Crippen LogP contribution is -2.26. The van der Waals surface area contributed by atoms with Gasteiger partial charge >= 0.3 is 5.97 Å². The third-order valence-electron chi connectivity index (χ3n) is 2.61. The molecule has 0 bridgehead atoms. The highest BCUT2D eigenvalue weighted by Gasteiger charge is 2.21. The van der Waals surface area contributed by atoms with Crippen LogP contribution in [0.5, 0.6) is 0 Å². The van der Waals surface area contributed by atoms with Crippen molar-refractivity contribution < 1.29 is 18.7 Å². The number of thiol groups is 1. The van der Waals surface area contributed by atoms with E-state index in [0.29, 0.717) is 31.0 Å². The molecular weight excluding hydrogens is 243 g/mol. The molecule has 92 valence electrons. The number of hydrogen-bond acceptors (Lipinski definition) is 4. The zero-order valence-corrected chi connectivity index (χ0v) is 10.1. The maximum atomic E-state index is 13.4. The van der Waals surface area contributed by atoms with Crippen molar-refractivity contribution in [2.45, 2.75) is 23.8 Å². The van der Waals surface area contributed by atoms with Gasteiger partial charge in [0.2, 0.25) is 0 Å². The Balaban J connectivity index is 2.05. The van der Waals surface area contributed by atoms with Gasteiger partial charge in [0.1, 0.15) is 11.9 Å². The minimum Gasteiger partial charge on any atom is -0.459 e. The van der Waals surface area contributed by atoms with E-state index < -0.39 is 11.8 Å².